The summed E-state index contributed by atoms with van der Waals surface area (Å²) in [5.74, 6) is 0. The van der Waals surface area contributed by atoms with Crippen molar-refractivity contribution < 1.29 is 10.2 Å². The van der Waals surface area contributed by atoms with Gasteiger partial charge in [-0.1, -0.05) is 0 Å². The number of nitriles is 1. The monoisotopic (exact) mass is 299 g/mol. The maximum atomic E-state index is 9.21. The highest BCUT2D eigenvalue weighted by Gasteiger charge is 2.08. The summed E-state index contributed by atoms with van der Waals surface area (Å²) in [5, 5.41) is 24.5. The Bertz CT molecular complexity index is 445. The van der Waals surface area contributed by atoms with Gasteiger partial charge in [0.15, 0.2) is 0 Å². The molecule has 19 heavy (non-hydrogen) atoms. The van der Waals surface area contributed by atoms with Gasteiger partial charge in [0.1, 0.15) is 6.33 Å². The predicted molar refractivity (Wildman–Crippen MR) is 77.3 cm³/mol. The van der Waals surface area contributed by atoms with Crippen LogP contribution < -0.4 is 5.73 Å². The average Bonchev–Trinajstić information content (AvgIpc) is 2.34. The molecule has 0 amide bonds. The van der Waals surface area contributed by atoms with E-state index in [1.807, 2.05) is 6.07 Å². The SMILES string of the molecule is N#CCCN(Cc1cncnc1)C(O)=S.NC(O)=S. The molecule has 102 valence electrons. The van der Waals surface area contributed by atoms with Gasteiger partial charge in [0.25, 0.3) is 10.3 Å². The van der Waals surface area contributed by atoms with Crippen LogP contribution in [0.5, 0.6) is 0 Å². The molecular formula is C10H13N5O2S2. The van der Waals surface area contributed by atoms with Crippen molar-refractivity contribution in [3.05, 3.63) is 24.3 Å². The van der Waals surface area contributed by atoms with Crippen molar-refractivity contribution in [3.8, 4) is 6.07 Å². The Morgan fingerprint density at radius 2 is 1.89 bits per heavy atom. The maximum Gasteiger partial charge on any atom is 0.257 e. The minimum absolute atomic E-state index is 0.214. The van der Waals surface area contributed by atoms with E-state index in [0.717, 1.165) is 5.56 Å². The van der Waals surface area contributed by atoms with Crippen LogP contribution in [-0.2, 0) is 6.54 Å². The molecule has 4 N–H and O–H groups in total. The highest BCUT2D eigenvalue weighted by atomic mass is 32.1. The van der Waals surface area contributed by atoms with Gasteiger partial charge in [-0.05, 0) is 24.4 Å². The van der Waals surface area contributed by atoms with Crippen molar-refractivity contribution in [2.45, 2.75) is 13.0 Å². The van der Waals surface area contributed by atoms with Crippen LogP contribution in [0.3, 0.4) is 0 Å². The first-order valence-corrected chi connectivity index (χ1v) is 5.86. The van der Waals surface area contributed by atoms with Crippen LogP contribution in [0.2, 0.25) is 0 Å². The number of rotatable bonds is 4. The first kappa shape index (κ1) is 16.9. The van der Waals surface area contributed by atoms with E-state index in [1.54, 1.807) is 12.4 Å². The predicted octanol–water partition coefficient (Wildman–Crippen LogP) is 0.823. The Labute approximate surface area is 121 Å². The lowest BCUT2D eigenvalue weighted by Gasteiger charge is -2.19. The first-order chi connectivity index (χ1) is 8.97. The molecule has 1 rings (SSSR count). The number of thiocarbonyl (C=S) groups is 2. The molecule has 9 heteroatoms. The van der Waals surface area contributed by atoms with E-state index in [4.69, 9.17) is 10.4 Å². The molecule has 1 aromatic heterocycles. The second kappa shape index (κ2) is 9.93. The molecule has 0 aliphatic heterocycles. The standard InChI is InChI=1S/C9H10N4OS.CH3NOS/c10-2-1-3-13(9(14)15)6-8-4-11-7-12-5-8;2-1(3)4/h4-5,7H,1,3,6H2,(H,14,15);(H3,2,3,4). The average molecular weight is 299 g/mol. The summed E-state index contributed by atoms with van der Waals surface area (Å²) in [4.78, 5) is 9.22. The number of aromatic nitrogens is 2. The lowest BCUT2D eigenvalue weighted by atomic mass is 10.3. The van der Waals surface area contributed by atoms with E-state index in [1.165, 1.54) is 11.2 Å². The van der Waals surface area contributed by atoms with Crippen LogP contribution >= 0.6 is 24.4 Å². The van der Waals surface area contributed by atoms with Gasteiger partial charge in [-0.25, -0.2) is 9.97 Å². The van der Waals surface area contributed by atoms with E-state index >= 15 is 0 Å². The lowest BCUT2D eigenvalue weighted by molar-refractivity contribution is 0.343. The van der Waals surface area contributed by atoms with Gasteiger partial charge in [0.2, 0.25) is 0 Å². The molecule has 0 spiro atoms. The topological polar surface area (TPSA) is 119 Å². The van der Waals surface area contributed by atoms with Crippen molar-refractivity contribution in [2.24, 2.45) is 5.73 Å². The Morgan fingerprint density at radius 3 is 2.32 bits per heavy atom. The first-order valence-electron chi connectivity index (χ1n) is 5.04. The van der Waals surface area contributed by atoms with E-state index in [2.05, 4.69) is 40.1 Å². The summed E-state index contributed by atoms with van der Waals surface area (Å²) in [6, 6.07) is 2.00. The van der Waals surface area contributed by atoms with Gasteiger partial charge in [0, 0.05) is 31.0 Å². The smallest absolute Gasteiger partial charge is 0.257 e. The zero-order chi connectivity index (χ0) is 14.7. The zero-order valence-corrected chi connectivity index (χ0v) is 11.6. The maximum absolute atomic E-state index is 9.21. The molecule has 0 aromatic carbocycles. The summed E-state index contributed by atoms with van der Waals surface area (Å²) in [6.45, 7) is 0.818. The highest BCUT2D eigenvalue weighted by Crippen LogP contribution is 2.02. The molecule has 0 bridgehead atoms. The molecule has 0 radical (unpaired) electrons. The molecule has 0 fully saturated rings. The van der Waals surface area contributed by atoms with Crippen molar-refractivity contribution in [1.29, 1.82) is 5.26 Å². The van der Waals surface area contributed by atoms with Gasteiger partial charge in [-0.2, -0.15) is 5.26 Å². The van der Waals surface area contributed by atoms with Crippen LogP contribution in [0.4, 0.5) is 0 Å². The van der Waals surface area contributed by atoms with E-state index < -0.39 is 5.17 Å². The van der Waals surface area contributed by atoms with Crippen molar-refractivity contribution in [2.75, 3.05) is 6.54 Å². The summed E-state index contributed by atoms with van der Waals surface area (Å²) in [5.41, 5.74) is 5.24. The number of aliphatic hydroxyl groups excluding tert-OH is 2. The third kappa shape index (κ3) is 9.63. The molecule has 1 aromatic rings. The Hall–Kier alpha value is -2.05. The van der Waals surface area contributed by atoms with Crippen molar-refractivity contribution >= 4 is 34.8 Å². The molecule has 0 aliphatic rings. The number of nitrogens with zero attached hydrogens (tertiary/aromatic N) is 4. The van der Waals surface area contributed by atoms with Gasteiger partial charge < -0.3 is 20.8 Å². The molecular weight excluding hydrogens is 286 g/mol. The van der Waals surface area contributed by atoms with Gasteiger partial charge in [-0.15, -0.1) is 0 Å². The molecule has 0 aliphatic carbocycles. The van der Waals surface area contributed by atoms with E-state index in [9.17, 15) is 5.11 Å². The Balaban J connectivity index is 0.000000711. The van der Waals surface area contributed by atoms with Gasteiger partial charge in [-0.3, -0.25) is 0 Å². The minimum Gasteiger partial charge on any atom is -0.487 e. The van der Waals surface area contributed by atoms with E-state index in [0.29, 0.717) is 19.5 Å². The second-order valence-corrected chi connectivity index (χ2v) is 3.98. The van der Waals surface area contributed by atoms with Crippen LogP contribution in [-0.4, -0.2) is 42.0 Å². The summed E-state index contributed by atoms with van der Waals surface area (Å²) < 4.78 is 0. The number of hydrogen-bond donors (Lipinski definition) is 3. The molecule has 1 heterocycles. The number of nitrogens with two attached hydrogens (primary N) is 1. The van der Waals surface area contributed by atoms with Crippen molar-refractivity contribution in [3.63, 3.8) is 0 Å². The van der Waals surface area contributed by atoms with Crippen LogP contribution in [0.1, 0.15) is 12.0 Å². The normalized spacial score (nSPS) is 8.58. The van der Waals surface area contributed by atoms with Gasteiger partial charge in [0.05, 0.1) is 12.5 Å². The Kier molecular flexibility index (Phi) is 8.86. The second-order valence-electron chi connectivity index (χ2n) is 3.20. The third-order valence-corrected chi connectivity index (χ3v) is 2.01. The fourth-order valence-electron chi connectivity index (χ4n) is 1.06. The van der Waals surface area contributed by atoms with E-state index in [-0.39, 0.29) is 5.17 Å². The third-order valence-electron chi connectivity index (χ3n) is 1.75. The zero-order valence-electron chi connectivity index (χ0n) is 9.93. The summed E-state index contributed by atoms with van der Waals surface area (Å²) >= 11 is 8.53. The Morgan fingerprint density at radius 1 is 1.37 bits per heavy atom. The molecule has 7 nitrogen and oxygen atoms in total. The number of aliphatic hydroxyl groups is 2. The van der Waals surface area contributed by atoms with Crippen molar-refractivity contribution in [1.82, 2.24) is 14.9 Å². The number of hydrogen-bond acceptors (Lipinski definition) is 5. The van der Waals surface area contributed by atoms with Crippen LogP contribution in [0.25, 0.3) is 0 Å². The van der Waals surface area contributed by atoms with Gasteiger partial charge >= 0.3 is 0 Å². The largest absolute Gasteiger partial charge is 0.487 e. The summed E-state index contributed by atoms with van der Waals surface area (Å²) in [7, 11) is 0. The lowest BCUT2D eigenvalue weighted by Crippen LogP contribution is -2.29. The molecule has 0 saturated carbocycles. The quantitative estimate of drug-likeness (QED) is 0.694. The molecule has 0 atom stereocenters. The minimum atomic E-state index is -0.500. The highest BCUT2D eigenvalue weighted by molar-refractivity contribution is 7.80. The summed E-state index contributed by atoms with van der Waals surface area (Å²) in [6.07, 6.45) is 5.03. The van der Waals surface area contributed by atoms with Crippen LogP contribution in [0, 0.1) is 11.3 Å². The fraction of sp³-hybridized carbons (Fsp3) is 0.300. The molecule has 0 saturated heterocycles. The fourth-order valence-corrected chi connectivity index (χ4v) is 1.22. The van der Waals surface area contributed by atoms with Crippen LogP contribution in [0.15, 0.2) is 18.7 Å². The molecule has 0 unspecified atom stereocenters.